The first-order valence-electron chi connectivity index (χ1n) is 5.63. The maximum atomic E-state index is 10.8. The summed E-state index contributed by atoms with van der Waals surface area (Å²) < 4.78 is 4.67. The Kier molecular flexibility index (Phi) is 3.48. The highest BCUT2D eigenvalue weighted by molar-refractivity contribution is 6.32. The van der Waals surface area contributed by atoms with Crippen LogP contribution < -0.4 is 0 Å². The van der Waals surface area contributed by atoms with Crippen molar-refractivity contribution in [3.8, 4) is 17.0 Å². The Hall–Kier alpha value is -2.01. The summed E-state index contributed by atoms with van der Waals surface area (Å²) in [6.07, 6.45) is 0. The van der Waals surface area contributed by atoms with E-state index in [4.69, 9.17) is 16.7 Å². The second kappa shape index (κ2) is 4.93. The van der Waals surface area contributed by atoms with E-state index >= 15 is 0 Å². The second-order valence-corrected chi connectivity index (χ2v) is 4.84. The van der Waals surface area contributed by atoms with Crippen molar-refractivity contribution in [1.82, 2.24) is 5.16 Å². The van der Waals surface area contributed by atoms with Gasteiger partial charge in [0.05, 0.1) is 5.02 Å². The maximum Gasteiger partial charge on any atom is 0.374 e. The minimum Gasteiger partial charge on any atom is -0.506 e. The number of benzene rings is 1. The zero-order chi connectivity index (χ0) is 14.2. The fraction of sp³-hybridized carbons (Fsp3) is 0.231. The van der Waals surface area contributed by atoms with E-state index in [1.807, 2.05) is 13.8 Å². The highest BCUT2D eigenvalue weighted by atomic mass is 35.5. The molecule has 0 aliphatic carbocycles. The van der Waals surface area contributed by atoms with Gasteiger partial charge in [0.1, 0.15) is 11.4 Å². The molecule has 1 heterocycles. The van der Waals surface area contributed by atoms with Gasteiger partial charge in [0, 0.05) is 11.6 Å². The topological polar surface area (TPSA) is 83.6 Å². The van der Waals surface area contributed by atoms with Crippen LogP contribution in [0, 0.1) is 0 Å². The second-order valence-electron chi connectivity index (χ2n) is 4.44. The van der Waals surface area contributed by atoms with Crippen LogP contribution in [-0.4, -0.2) is 21.3 Å². The van der Waals surface area contributed by atoms with Crippen molar-refractivity contribution in [3.63, 3.8) is 0 Å². The Labute approximate surface area is 114 Å². The summed E-state index contributed by atoms with van der Waals surface area (Å²) in [5.41, 5.74) is 1.50. The number of phenolic OH excluding ortho intramolecular Hbond substituents is 1. The summed E-state index contributed by atoms with van der Waals surface area (Å²) >= 11 is 5.96. The molecular formula is C13H12ClNO4. The van der Waals surface area contributed by atoms with E-state index in [9.17, 15) is 9.90 Å². The van der Waals surface area contributed by atoms with Crippen LogP contribution in [0.1, 0.15) is 35.9 Å². The van der Waals surface area contributed by atoms with Crippen molar-refractivity contribution in [1.29, 1.82) is 0 Å². The van der Waals surface area contributed by atoms with Crippen molar-refractivity contribution in [3.05, 3.63) is 34.5 Å². The molecule has 100 valence electrons. The number of phenols is 1. The number of aromatic hydroxyl groups is 1. The number of hydrogen-bond donors (Lipinski definition) is 2. The van der Waals surface area contributed by atoms with E-state index in [0.29, 0.717) is 5.56 Å². The number of aromatic carboxylic acids is 1. The third-order valence-corrected chi connectivity index (χ3v) is 3.04. The predicted molar refractivity (Wildman–Crippen MR) is 69.7 cm³/mol. The van der Waals surface area contributed by atoms with Crippen molar-refractivity contribution < 1.29 is 19.5 Å². The summed E-state index contributed by atoms with van der Waals surface area (Å²) in [4.78, 5) is 10.8. The zero-order valence-electron chi connectivity index (χ0n) is 10.3. The van der Waals surface area contributed by atoms with Gasteiger partial charge in [-0.1, -0.05) is 30.6 Å². The summed E-state index contributed by atoms with van der Waals surface area (Å²) in [5, 5.41) is 22.6. The SMILES string of the molecule is CC(C)c1cc(Cl)c(O)c(-c2cc(C(=O)O)on2)c1. The van der Waals surface area contributed by atoms with E-state index in [1.165, 1.54) is 6.07 Å². The molecule has 0 saturated heterocycles. The lowest BCUT2D eigenvalue weighted by Gasteiger charge is -2.10. The first kappa shape index (κ1) is 13.4. The van der Waals surface area contributed by atoms with E-state index in [1.54, 1.807) is 12.1 Å². The molecular weight excluding hydrogens is 270 g/mol. The van der Waals surface area contributed by atoms with Crippen LogP contribution in [0.3, 0.4) is 0 Å². The molecule has 0 aliphatic rings. The van der Waals surface area contributed by atoms with Gasteiger partial charge in [-0.25, -0.2) is 4.79 Å². The molecule has 0 bridgehead atoms. The average molecular weight is 282 g/mol. The minimum atomic E-state index is -1.22. The van der Waals surface area contributed by atoms with Crippen LogP contribution in [0.5, 0.6) is 5.75 Å². The molecule has 0 amide bonds. The molecule has 0 atom stereocenters. The van der Waals surface area contributed by atoms with Crippen molar-refractivity contribution in [2.45, 2.75) is 19.8 Å². The molecule has 0 radical (unpaired) electrons. The molecule has 5 nitrogen and oxygen atoms in total. The molecule has 0 saturated carbocycles. The van der Waals surface area contributed by atoms with Gasteiger partial charge < -0.3 is 14.7 Å². The van der Waals surface area contributed by atoms with E-state index in [2.05, 4.69) is 9.68 Å². The Morgan fingerprint density at radius 1 is 1.37 bits per heavy atom. The van der Waals surface area contributed by atoms with Crippen molar-refractivity contribution >= 4 is 17.6 Å². The van der Waals surface area contributed by atoms with Gasteiger partial charge in [-0.05, 0) is 23.6 Å². The molecule has 6 heteroatoms. The number of nitrogens with zero attached hydrogens (tertiary/aromatic N) is 1. The highest BCUT2D eigenvalue weighted by Gasteiger charge is 2.18. The third kappa shape index (κ3) is 2.56. The molecule has 0 fully saturated rings. The van der Waals surface area contributed by atoms with Crippen molar-refractivity contribution in [2.75, 3.05) is 0 Å². The molecule has 0 spiro atoms. The lowest BCUT2D eigenvalue weighted by molar-refractivity contribution is 0.0652. The average Bonchev–Trinajstić information content (AvgIpc) is 2.81. The number of rotatable bonds is 3. The Bertz CT molecular complexity index is 634. The van der Waals surface area contributed by atoms with Crippen LogP contribution in [0.2, 0.25) is 5.02 Å². The van der Waals surface area contributed by atoms with Crippen molar-refractivity contribution in [2.24, 2.45) is 0 Å². The first-order chi connectivity index (χ1) is 8.90. The van der Waals surface area contributed by atoms with Gasteiger partial charge >= 0.3 is 5.97 Å². The quantitative estimate of drug-likeness (QED) is 0.899. The molecule has 0 unspecified atom stereocenters. The fourth-order valence-electron chi connectivity index (χ4n) is 1.65. The zero-order valence-corrected chi connectivity index (χ0v) is 11.1. The number of carbonyl (C=O) groups is 1. The van der Waals surface area contributed by atoms with E-state index < -0.39 is 5.97 Å². The molecule has 0 aliphatic heterocycles. The maximum absolute atomic E-state index is 10.8. The number of hydrogen-bond acceptors (Lipinski definition) is 4. The van der Waals surface area contributed by atoms with Gasteiger partial charge in [-0.15, -0.1) is 0 Å². The number of carboxylic acid groups (broad SMARTS) is 1. The fourth-order valence-corrected chi connectivity index (χ4v) is 1.88. The van der Waals surface area contributed by atoms with Gasteiger partial charge in [0.25, 0.3) is 0 Å². The normalized spacial score (nSPS) is 10.9. The summed E-state index contributed by atoms with van der Waals surface area (Å²) in [7, 11) is 0. The Morgan fingerprint density at radius 3 is 2.58 bits per heavy atom. The van der Waals surface area contributed by atoms with E-state index in [0.717, 1.165) is 5.56 Å². The summed E-state index contributed by atoms with van der Waals surface area (Å²) in [6.45, 7) is 3.97. The third-order valence-electron chi connectivity index (χ3n) is 2.75. The number of carboxylic acids is 1. The standard InChI is InChI=1S/C13H12ClNO4/c1-6(2)7-3-8(12(16)9(14)4-7)10-5-11(13(17)18)19-15-10/h3-6,16H,1-2H3,(H,17,18). The predicted octanol–water partition coefficient (Wildman–Crippen LogP) is 3.52. The van der Waals surface area contributed by atoms with Gasteiger partial charge in [0.2, 0.25) is 5.76 Å². The summed E-state index contributed by atoms with van der Waals surface area (Å²) in [6, 6.07) is 4.64. The van der Waals surface area contributed by atoms with Gasteiger partial charge in [0.15, 0.2) is 0 Å². The van der Waals surface area contributed by atoms with Gasteiger partial charge in [-0.3, -0.25) is 0 Å². The lowest BCUT2D eigenvalue weighted by atomic mass is 9.99. The molecule has 2 rings (SSSR count). The molecule has 1 aromatic heterocycles. The lowest BCUT2D eigenvalue weighted by Crippen LogP contribution is -1.92. The van der Waals surface area contributed by atoms with Gasteiger partial charge in [-0.2, -0.15) is 0 Å². The molecule has 19 heavy (non-hydrogen) atoms. The highest BCUT2D eigenvalue weighted by Crippen LogP contribution is 2.37. The monoisotopic (exact) mass is 281 g/mol. The largest absolute Gasteiger partial charge is 0.506 e. The van der Waals surface area contributed by atoms with Crippen LogP contribution in [0.4, 0.5) is 0 Å². The van der Waals surface area contributed by atoms with Crippen LogP contribution in [0.15, 0.2) is 22.7 Å². The Balaban J connectivity index is 2.56. The van der Waals surface area contributed by atoms with E-state index in [-0.39, 0.29) is 28.1 Å². The van der Waals surface area contributed by atoms with Crippen LogP contribution in [-0.2, 0) is 0 Å². The minimum absolute atomic E-state index is 0.142. The summed E-state index contributed by atoms with van der Waals surface area (Å²) in [5.74, 6) is -1.44. The smallest absolute Gasteiger partial charge is 0.374 e. The molecule has 2 aromatic rings. The molecule has 1 aromatic carbocycles. The van der Waals surface area contributed by atoms with Crippen LogP contribution >= 0.6 is 11.6 Å². The molecule has 2 N–H and O–H groups in total. The Morgan fingerprint density at radius 2 is 2.05 bits per heavy atom. The number of halogens is 1. The first-order valence-corrected chi connectivity index (χ1v) is 6.00. The number of aromatic nitrogens is 1. The van der Waals surface area contributed by atoms with Crippen LogP contribution in [0.25, 0.3) is 11.3 Å².